The van der Waals surface area contributed by atoms with Crippen molar-refractivity contribution in [2.24, 2.45) is 0 Å². The highest BCUT2D eigenvalue weighted by atomic mass is 28.4. The third-order valence-electron chi connectivity index (χ3n) is 5.18. The minimum atomic E-state index is -2.72. The third kappa shape index (κ3) is 4.16. The van der Waals surface area contributed by atoms with Gasteiger partial charge < -0.3 is 9.22 Å². The van der Waals surface area contributed by atoms with Crippen LogP contribution in [0.2, 0.25) is 5.04 Å². The van der Waals surface area contributed by atoms with E-state index in [1.807, 2.05) is 42.5 Å². The summed E-state index contributed by atoms with van der Waals surface area (Å²) in [4.78, 5) is 12.1. The van der Waals surface area contributed by atoms with Gasteiger partial charge >= 0.3 is 0 Å². The number of hydrogen-bond donors (Lipinski definition) is 0. The second-order valence-electron chi connectivity index (χ2n) is 8.15. The molecule has 0 aliphatic heterocycles. The number of rotatable bonds is 7. The minimum absolute atomic E-state index is 0.145. The molecule has 0 aliphatic carbocycles. The Hall–Kier alpha value is -2.49. The molecular weight excluding hydrogens is 360 g/mol. The van der Waals surface area contributed by atoms with Crippen LogP contribution in [0.4, 0.5) is 0 Å². The van der Waals surface area contributed by atoms with Gasteiger partial charge in [-0.3, -0.25) is 0 Å². The molecule has 0 fully saturated rings. The van der Waals surface area contributed by atoms with Crippen LogP contribution in [0.25, 0.3) is 0 Å². The average Bonchev–Trinajstić information content (AvgIpc) is 2.72. The molecule has 0 N–H and O–H groups in total. The molecule has 0 aromatic heterocycles. The van der Waals surface area contributed by atoms with Crippen molar-refractivity contribution in [2.45, 2.75) is 38.3 Å². The van der Waals surface area contributed by atoms with Crippen LogP contribution >= 0.6 is 0 Å². The molecule has 3 aromatic rings. The number of benzene rings is 3. The molecule has 0 radical (unpaired) electrons. The van der Waals surface area contributed by atoms with Gasteiger partial charge in [-0.2, -0.15) is 0 Å². The van der Waals surface area contributed by atoms with Crippen molar-refractivity contribution in [1.29, 1.82) is 0 Å². The van der Waals surface area contributed by atoms with Gasteiger partial charge in [-0.25, -0.2) is 0 Å². The van der Waals surface area contributed by atoms with E-state index in [-0.39, 0.29) is 5.04 Å². The lowest BCUT2D eigenvalue weighted by molar-refractivity contribution is -0.114. The summed E-state index contributed by atoms with van der Waals surface area (Å²) in [7, 11) is -2.72. The standard InChI is InChI=1S/C25H28O2Si/c1-25(2,3)28(23-15-9-5-10-16-23,24-17-11-6-12-18-24)27-22(20-26)19-21-13-7-4-8-14-21/h4-18,20,22H,19H2,1-3H3/t22-/m1/s1. The van der Waals surface area contributed by atoms with Crippen molar-refractivity contribution < 1.29 is 9.22 Å². The maximum absolute atomic E-state index is 12.1. The Kier molecular flexibility index (Phi) is 6.27. The van der Waals surface area contributed by atoms with Crippen molar-refractivity contribution >= 4 is 25.0 Å². The molecule has 0 amide bonds. The van der Waals surface area contributed by atoms with Gasteiger partial charge in [0, 0.05) is 6.42 Å². The molecule has 3 rings (SSSR count). The van der Waals surface area contributed by atoms with E-state index in [0.717, 1.165) is 11.8 Å². The molecule has 28 heavy (non-hydrogen) atoms. The van der Waals surface area contributed by atoms with E-state index in [9.17, 15) is 4.79 Å². The average molecular weight is 389 g/mol. The van der Waals surface area contributed by atoms with Crippen LogP contribution in [-0.4, -0.2) is 20.7 Å². The van der Waals surface area contributed by atoms with E-state index in [1.165, 1.54) is 10.4 Å². The zero-order valence-corrected chi connectivity index (χ0v) is 17.8. The van der Waals surface area contributed by atoms with E-state index in [4.69, 9.17) is 4.43 Å². The van der Waals surface area contributed by atoms with Crippen LogP contribution in [-0.2, 0) is 15.6 Å². The summed E-state index contributed by atoms with van der Waals surface area (Å²) in [6.07, 6.45) is 1.05. The molecule has 3 aromatic carbocycles. The summed E-state index contributed by atoms with van der Waals surface area (Å²) in [5.41, 5.74) is 1.11. The third-order valence-corrected chi connectivity index (χ3v) is 10.2. The summed E-state index contributed by atoms with van der Waals surface area (Å²) in [6.45, 7) is 6.68. The van der Waals surface area contributed by atoms with Crippen molar-refractivity contribution in [3.05, 3.63) is 96.6 Å². The smallest absolute Gasteiger partial charge is 0.262 e. The largest absolute Gasteiger partial charge is 0.397 e. The van der Waals surface area contributed by atoms with Crippen LogP contribution in [0.5, 0.6) is 0 Å². The molecule has 2 nitrogen and oxygen atoms in total. The van der Waals surface area contributed by atoms with E-state index < -0.39 is 14.4 Å². The number of carbonyl (C=O) groups excluding carboxylic acids is 1. The van der Waals surface area contributed by atoms with Gasteiger partial charge in [0.1, 0.15) is 12.4 Å². The normalized spacial score (nSPS) is 13.1. The van der Waals surface area contributed by atoms with Crippen LogP contribution in [0, 0.1) is 0 Å². The first-order valence-corrected chi connectivity index (χ1v) is 11.7. The first kappa shape index (κ1) is 20.2. The minimum Gasteiger partial charge on any atom is -0.397 e. The maximum Gasteiger partial charge on any atom is 0.262 e. The molecule has 144 valence electrons. The monoisotopic (exact) mass is 388 g/mol. The van der Waals surface area contributed by atoms with Gasteiger partial charge in [0.25, 0.3) is 8.32 Å². The van der Waals surface area contributed by atoms with Crippen LogP contribution in [0.15, 0.2) is 91.0 Å². The highest BCUT2D eigenvalue weighted by Gasteiger charge is 2.51. The molecule has 0 heterocycles. The van der Waals surface area contributed by atoms with Crippen molar-refractivity contribution in [2.75, 3.05) is 0 Å². The SMILES string of the molecule is CC(C)(C)[Si](O[C@@H](C=O)Cc1ccccc1)(c1ccccc1)c1ccccc1. The number of hydrogen-bond acceptors (Lipinski definition) is 2. The fourth-order valence-corrected chi connectivity index (χ4v) is 8.49. The van der Waals surface area contributed by atoms with E-state index >= 15 is 0 Å². The Bertz CT molecular complexity index is 831. The molecule has 0 unspecified atom stereocenters. The van der Waals surface area contributed by atoms with Crippen molar-refractivity contribution in [3.63, 3.8) is 0 Å². The zero-order valence-electron chi connectivity index (χ0n) is 16.8. The topological polar surface area (TPSA) is 26.3 Å². The maximum atomic E-state index is 12.1. The number of carbonyl (C=O) groups is 1. The Morgan fingerprint density at radius 3 is 1.61 bits per heavy atom. The highest BCUT2D eigenvalue weighted by molar-refractivity contribution is 6.99. The van der Waals surface area contributed by atoms with E-state index in [2.05, 4.69) is 69.3 Å². The summed E-state index contributed by atoms with van der Waals surface area (Å²) < 4.78 is 6.90. The summed E-state index contributed by atoms with van der Waals surface area (Å²) in [5, 5.41) is 2.23. The fraction of sp³-hybridized carbons (Fsp3) is 0.240. The van der Waals surface area contributed by atoms with E-state index in [0.29, 0.717) is 6.42 Å². The van der Waals surface area contributed by atoms with Gasteiger partial charge in [-0.15, -0.1) is 0 Å². The second-order valence-corrected chi connectivity index (χ2v) is 12.4. The predicted molar refractivity (Wildman–Crippen MR) is 119 cm³/mol. The summed E-state index contributed by atoms with van der Waals surface area (Å²) >= 11 is 0. The molecule has 0 spiro atoms. The molecule has 3 heteroatoms. The first-order chi connectivity index (χ1) is 13.5. The molecule has 0 saturated heterocycles. The van der Waals surface area contributed by atoms with Crippen LogP contribution < -0.4 is 10.4 Å². The predicted octanol–water partition coefficient (Wildman–Crippen LogP) is 4.37. The van der Waals surface area contributed by atoms with E-state index in [1.54, 1.807) is 0 Å². The lowest BCUT2D eigenvalue weighted by Gasteiger charge is -2.44. The quantitative estimate of drug-likeness (QED) is 0.444. The first-order valence-electron chi connectivity index (χ1n) is 9.75. The van der Waals surface area contributed by atoms with Gasteiger partial charge in [0.15, 0.2) is 0 Å². The summed E-state index contributed by atoms with van der Waals surface area (Å²) in [6, 6.07) is 31.0. The van der Waals surface area contributed by atoms with Crippen molar-refractivity contribution in [3.8, 4) is 0 Å². The van der Waals surface area contributed by atoms with Crippen LogP contribution in [0.1, 0.15) is 26.3 Å². The van der Waals surface area contributed by atoms with Crippen molar-refractivity contribution in [1.82, 2.24) is 0 Å². The molecule has 0 saturated carbocycles. The van der Waals surface area contributed by atoms with Crippen LogP contribution in [0.3, 0.4) is 0 Å². The Morgan fingerprint density at radius 1 is 0.786 bits per heavy atom. The van der Waals surface area contributed by atoms with Gasteiger partial charge in [-0.1, -0.05) is 112 Å². The lowest BCUT2D eigenvalue weighted by atomic mass is 10.1. The molecular formula is C25H28O2Si. The lowest BCUT2D eigenvalue weighted by Crippen LogP contribution is -2.68. The molecule has 0 bridgehead atoms. The second kappa shape index (κ2) is 8.68. The molecule has 0 aliphatic rings. The Morgan fingerprint density at radius 2 is 1.21 bits per heavy atom. The molecule has 1 atom stereocenters. The zero-order chi connectivity index (χ0) is 20.0. The Balaban J connectivity index is 2.11. The fourth-order valence-electron chi connectivity index (χ4n) is 3.88. The number of aldehydes is 1. The van der Waals surface area contributed by atoms with Gasteiger partial charge in [0.05, 0.1) is 0 Å². The Labute approximate surface area is 169 Å². The van der Waals surface area contributed by atoms with Gasteiger partial charge in [-0.05, 0) is 21.0 Å². The highest BCUT2D eigenvalue weighted by Crippen LogP contribution is 2.37. The summed E-state index contributed by atoms with van der Waals surface area (Å²) in [5.74, 6) is 0. The van der Waals surface area contributed by atoms with Gasteiger partial charge in [0.2, 0.25) is 0 Å².